The van der Waals surface area contributed by atoms with Crippen LogP contribution in [0.2, 0.25) is 10.0 Å². The molecule has 3 aliphatic heterocycles. The van der Waals surface area contributed by atoms with E-state index in [2.05, 4.69) is 25.2 Å². The van der Waals surface area contributed by atoms with E-state index in [1.165, 1.54) is 45.3 Å². The van der Waals surface area contributed by atoms with E-state index in [1.807, 2.05) is 22.8 Å². The molecule has 1 aromatic carbocycles. The van der Waals surface area contributed by atoms with Crippen LogP contribution in [0.25, 0.3) is 11.5 Å². The SMILES string of the molecule is Clc1cccc(Cl)c1Cn1cnc(NCCCCN2CCCCC2)c2ncnc1-2. The molecule has 0 unspecified atom stereocenters. The van der Waals surface area contributed by atoms with Gasteiger partial charge in [0.15, 0.2) is 17.3 Å². The van der Waals surface area contributed by atoms with E-state index in [0.717, 1.165) is 35.9 Å². The summed E-state index contributed by atoms with van der Waals surface area (Å²) in [5, 5.41) is 4.69. The van der Waals surface area contributed by atoms with E-state index in [-0.39, 0.29) is 0 Å². The first-order chi connectivity index (χ1) is 14.2. The summed E-state index contributed by atoms with van der Waals surface area (Å²) in [6, 6.07) is 5.52. The smallest absolute Gasteiger partial charge is 0.165 e. The summed E-state index contributed by atoms with van der Waals surface area (Å²) in [5.74, 6) is 1.55. The van der Waals surface area contributed by atoms with Crippen molar-refractivity contribution in [3.63, 3.8) is 0 Å². The van der Waals surface area contributed by atoms with Crippen molar-refractivity contribution in [3.05, 3.63) is 46.5 Å². The van der Waals surface area contributed by atoms with Gasteiger partial charge in [-0.25, -0.2) is 15.0 Å². The predicted octanol–water partition coefficient (Wildman–Crippen LogP) is 4.81. The molecule has 0 aromatic heterocycles. The molecule has 0 bridgehead atoms. The van der Waals surface area contributed by atoms with Crippen LogP contribution in [0.3, 0.4) is 0 Å². The maximum Gasteiger partial charge on any atom is 0.165 e. The standard InChI is InChI=1S/C21H26Cl2N6/c22-17-7-6-8-18(23)16(17)13-29-15-27-20(19-21(29)26-14-25-19)24-9-2-5-12-28-10-3-1-4-11-28/h6-8,14-15,24H,1-5,9-13H2. The van der Waals surface area contributed by atoms with E-state index in [9.17, 15) is 0 Å². The number of hydrogen-bond acceptors (Lipinski definition) is 5. The number of aromatic nitrogens is 4. The first-order valence-electron chi connectivity index (χ1n) is 10.3. The Morgan fingerprint density at radius 2 is 1.76 bits per heavy atom. The van der Waals surface area contributed by atoms with Crippen LogP contribution < -0.4 is 5.32 Å². The molecule has 3 aliphatic rings. The van der Waals surface area contributed by atoms with Crippen LogP contribution in [-0.2, 0) is 6.54 Å². The Morgan fingerprint density at radius 1 is 0.966 bits per heavy atom. The molecule has 4 rings (SSSR count). The number of nitrogens with zero attached hydrogens (tertiary/aromatic N) is 5. The molecule has 6 nitrogen and oxygen atoms in total. The summed E-state index contributed by atoms with van der Waals surface area (Å²) < 4.78 is 1.93. The topological polar surface area (TPSA) is 58.9 Å². The number of benzene rings is 1. The first kappa shape index (κ1) is 20.4. The van der Waals surface area contributed by atoms with Crippen molar-refractivity contribution in [2.24, 2.45) is 0 Å². The van der Waals surface area contributed by atoms with Crippen LogP contribution in [0.4, 0.5) is 5.82 Å². The van der Waals surface area contributed by atoms with Gasteiger partial charge in [0.05, 0.1) is 12.9 Å². The lowest BCUT2D eigenvalue weighted by Crippen LogP contribution is -2.30. The molecule has 0 atom stereocenters. The van der Waals surface area contributed by atoms with Crippen molar-refractivity contribution < 1.29 is 0 Å². The minimum Gasteiger partial charge on any atom is -0.368 e. The van der Waals surface area contributed by atoms with Crippen LogP contribution in [0, 0.1) is 0 Å². The average Bonchev–Trinajstić information content (AvgIpc) is 3.23. The van der Waals surface area contributed by atoms with Gasteiger partial charge in [0, 0.05) is 22.2 Å². The Bertz CT molecular complexity index is 886. The van der Waals surface area contributed by atoms with Gasteiger partial charge in [-0.1, -0.05) is 35.7 Å². The average molecular weight is 433 g/mol. The summed E-state index contributed by atoms with van der Waals surface area (Å²) in [4.78, 5) is 16.0. The number of likely N-dealkylation sites (tertiary alicyclic amines) is 1. The molecular weight excluding hydrogens is 407 g/mol. The highest BCUT2D eigenvalue weighted by molar-refractivity contribution is 6.35. The number of nitrogens with one attached hydrogen (secondary N) is 1. The molecule has 0 radical (unpaired) electrons. The Hall–Kier alpha value is -1.89. The zero-order chi connectivity index (χ0) is 20.1. The second-order valence-corrected chi connectivity index (χ2v) is 8.32. The van der Waals surface area contributed by atoms with Crippen molar-refractivity contribution >= 4 is 29.0 Å². The minimum atomic E-state index is 0.497. The van der Waals surface area contributed by atoms with E-state index < -0.39 is 0 Å². The Labute approximate surface area is 181 Å². The molecule has 0 spiro atoms. The van der Waals surface area contributed by atoms with Crippen molar-refractivity contribution in [2.75, 3.05) is 31.5 Å². The van der Waals surface area contributed by atoms with E-state index >= 15 is 0 Å². The molecule has 154 valence electrons. The van der Waals surface area contributed by atoms with Gasteiger partial charge in [0.25, 0.3) is 0 Å². The first-order valence-corrected chi connectivity index (χ1v) is 11.0. The van der Waals surface area contributed by atoms with Crippen molar-refractivity contribution in [1.82, 2.24) is 24.4 Å². The largest absolute Gasteiger partial charge is 0.368 e. The Morgan fingerprint density at radius 3 is 2.55 bits per heavy atom. The normalized spacial score (nSPS) is 15.1. The summed E-state index contributed by atoms with van der Waals surface area (Å²) in [6.07, 6.45) is 9.72. The molecule has 1 N–H and O–H groups in total. The molecule has 1 fully saturated rings. The highest BCUT2D eigenvalue weighted by Crippen LogP contribution is 2.29. The zero-order valence-corrected chi connectivity index (χ0v) is 18.0. The lowest BCUT2D eigenvalue weighted by molar-refractivity contribution is 0.225. The predicted molar refractivity (Wildman–Crippen MR) is 118 cm³/mol. The molecular formula is C21H26Cl2N6. The maximum absolute atomic E-state index is 6.32. The number of hydrogen-bond donors (Lipinski definition) is 1. The number of piperidine rings is 1. The third-order valence-corrected chi connectivity index (χ3v) is 6.14. The summed E-state index contributed by atoms with van der Waals surface area (Å²) in [7, 11) is 0. The monoisotopic (exact) mass is 432 g/mol. The Kier molecular flexibility index (Phi) is 6.85. The third kappa shape index (κ3) is 5.00. The van der Waals surface area contributed by atoms with Gasteiger partial charge in [0.1, 0.15) is 6.33 Å². The van der Waals surface area contributed by atoms with Gasteiger partial charge in [-0.3, -0.25) is 0 Å². The van der Waals surface area contributed by atoms with Crippen LogP contribution in [0.15, 0.2) is 30.9 Å². The second kappa shape index (κ2) is 9.74. The highest BCUT2D eigenvalue weighted by Gasteiger charge is 2.18. The molecule has 1 aromatic rings. The minimum absolute atomic E-state index is 0.497. The lowest BCUT2D eigenvalue weighted by atomic mass is 10.1. The fourth-order valence-corrected chi connectivity index (χ4v) is 4.35. The van der Waals surface area contributed by atoms with Crippen LogP contribution in [0.1, 0.15) is 37.7 Å². The van der Waals surface area contributed by atoms with Crippen LogP contribution >= 0.6 is 23.2 Å². The van der Waals surface area contributed by atoms with E-state index in [0.29, 0.717) is 16.6 Å². The van der Waals surface area contributed by atoms with Gasteiger partial charge < -0.3 is 14.8 Å². The van der Waals surface area contributed by atoms with Crippen molar-refractivity contribution in [1.29, 1.82) is 0 Å². The van der Waals surface area contributed by atoms with Crippen molar-refractivity contribution in [3.8, 4) is 11.5 Å². The number of anilines is 1. The zero-order valence-electron chi connectivity index (χ0n) is 16.4. The number of halogens is 2. The van der Waals surface area contributed by atoms with Gasteiger partial charge >= 0.3 is 0 Å². The summed E-state index contributed by atoms with van der Waals surface area (Å²) >= 11 is 12.6. The number of unbranched alkanes of at least 4 members (excludes halogenated alkanes) is 1. The van der Waals surface area contributed by atoms with Crippen LogP contribution in [0.5, 0.6) is 0 Å². The fraction of sp³-hybridized carbons (Fsp3) is 0.476. The van der Waals surface area contributed by atoms with Gasteiger partial charge in [-0.2, -0.15) is 0 Å². The molecule has 3 heterocycles. The van der Waals surface area contributed by atoms with Gasteiger partial charge in [-0.05, 0) is 57.5 Å². The van der Waals surface area contributed by atoms with Crippen molar-refractivity contribution in [2.45, 2.75) is 38.6 Å². The number of fused-ring (bicyclic) bond motifs is 1. The number of rotatable bonds is 8. The quantitative estimate of drug-likeness (QED) is 0.517. The molecule has 8 heteroatoms. The summed E-state index contributed by atoms with van der Waals surface area (Å²) in [6.45, 7) is 5.08. The van der Waals surface area contributed by atoms with E-state index in [4.69, 9.17) is 23.2 Å². The van der Waals surface area contributed by atoms with Gasteiger partial charge in [0.2, 0.25) is 0 Å². The molecule has 0 amide bonds. The summed E-state index contributed by atoms with van der Waals surface area (Å²) in [5.41, 5.74) is 1.62. The third-order valence-electron chi connectivity index (χ3n) is 5.43. The van der Waals surface area contributed by atoms with Crippen LogP contribution in [-0.4, -0.2) is 50.6 Å². The fourth-order valence-electron chi connectivity index (χ4n) is 3.83. The number of imidazole rings is 1. The highest BCUT2D eigenvalue weighted by atomic mass is 35.5. The molecule has 0 saturated carbocycles. The lowest BCUT2D eigenvalue weighted by Gasteiger charge is -2.26. The van der Waals surface area contributed by atoms with E-state index in [1.54, 1.807) is 12.7 Å². The molecule has 0 aliphatic carbocycles. The van der Waals surface area contributed by atoms with Gasteiger partial charge in [-0.15, -0.1) is 0 Å². The Balaban J connectivity index is 1.36. The maximum atomic E-state index is 6.32. The molecule has 29 heavy (non-hydrogen) atoms. The molecule has 1 saturated heterocycles. The second-order valence-electron chi connectivity index (χ2n) is 7.50.